The molecule has 1 atom stereocenters. The highest BCUT2D eigenvalue weighted by Gasteiger charge is 2.11. The van der Waals surface area contributed by atoms with E-state index >= 15 is 0 Å². The molecule has 76 valence electrons. The molecule has 0 heterocycles. The van der Waals surface area contributed by atoms with Crippen molar-refractivity contribution in [3.63, 3.8) is 0 Å². The fraction of sp³-hybridized carbons (Fsp3) is 0.300. The Morgan fingerprint density at radius 3 is 2.29 bits per heavy atom. The molecule has 1 nitrogen and oxygen atoms in total. The quantitative estimate of drug-likeness (QED) is 0.755. The zero-order valence-electron chi connectivity index (χ0n) is 7.56. The van der Waals surface area contributed by atoms with Gasteiger partial charge in [-0.1, -0.05) is 38.8 Å². The summed E-state index contributed by atoms with van der Waals surface area (Å²) in [7, 11) is 0. The molecule has 4 heteroatoms. The van der Waals surface area contributed by atoms with Gasteiger partial charge in [0, 0.05) is 14.9 Å². The van der Waals surface area contributed by atoms with E-state index in [9.17, 15) is 4.79 Å². The van der Waals surface area contributed by atoms with Crippen molar-refractivity contribution >= 4 is 48.7 Å². The van der Waals surface area contributed by atoms with E-state index in [2.05, 4.69) is 31.9 Å². The summed E-state index contributed by atoms with van der Waals surface area (Å²) in [6.07, 6.45) is 0.667. The molecule has 0 bridgehead atoms. The smallest absolute Gasteiger partial charge is 0.224 e. The maximum atomic E-state index is 10.9. The number of carbonyl (C=O) groups is 1. The molecule has 0 N–H and O–H groups in total. The van der Waals surface area contributed by atoms with Crippen LogP contribution in [0.15, 0.2) is 27.1 Å². The average Bonchev–Trinajstić information content (AvgIpc) is 2.01. The van der Waals surface area contributed by atoms with Crippen molar-refractivity contribution < 1.29 is 4.79 Å². The normalized spacial score (nSPS) is 12.6. The summed E-state index contributed by atoms with van der Waals surface area (Å²) < 4.78 is 1.99. The highest BCUT2D eigenvalue weighted by Crippen LogP contribution is 2.22. The molecule has 0 saturated carbocycles. The Labute approximate surface area is 105 Å². The number of rotatable bonds is 3. The van der Waals surface area contributed by atoms with Crippen LogP contribution in [0.25, 0.3) is 0 Å². The second kappa shape index (κ2) is 5.29. The van der Waals surface area contributed by atoms with Gasteiger partial charge in [0.05, 0.1) is 0 Å². The van der Waals surface area contributed by atoms with Gasteiger partial charge in [-0.15, -0.1) is 0 Å². The van der Waals surface area contributed by atoms with Gasteiger partial charge in [0.1, 0.15) is 0 Å². The lowest BCUT2D eigenvalue weighted by Crippen LogP contribution is -2.07. The molecule has 0 amide bonds. The Hall–Kier alpha value is 0.140. The third-order valence-corrected chi connectivity index (χ3v) is 3.14. The van der Waals surface area contributed by atoms with Crippen LogP contribution in [0.5, 0.6) is 0 Å². The van der Waals surface area contributed by atoms with Crippen LogP contribution in [0.1, 0.15) is 12.5 Å². The Morgan fingerprint density at radius 2 is 1.86 bits per heavy atom. The third-order valence-electron chi connectivity index (χ3n) is 1.85. The molecule has 1 rings (SSSR count). The average molecular weight is 340 g/mol. The summed E-state index contributed by atoms with van der Waals surface area (Å²) in [4.78, 5) is 10.9. The maximum Gasteiger partial charge on any atom is 0.224 e. The summed E-state index contributed by atoms with van der Waals surface area (Å²) in [6, 6.07) is 5.93. The number of hydrogen-bond donors (Lipinski definition) is 0. The van der Waals surface area contributed by atoms with E-state index in [1.54, 1.807) is 0 Å². The molecule has 1 unspecified atom stereocenters. The van der Waals surface area contributed by atoms with E-state index in [-0.39, 0.29) is 11.2 Å². The van der Waals surface area contributed by atoms with Gasteiger partial charge in [0.15, 0.2) is 0 Å². The van der Waals surface area contributed by atoms with Crippen LogP contribution in [0, 0.1) is 5.92 Å². The van der Waals surface area contributed by atoms with E-state index in [0.717, 1.165) is 14.5 Å². The second-order valence-corrected chi connectivity index (χ2v) is 5.39. The van der Waals surface area contributed by atoms with Gasteiger partial charge in [-0.25, -0.2) is 0 Å². The van der Waals surface area contributed by atoms with Crippen LogP contribution in [0.2, 0.25) is 0 Å². The summed E-state index contributed by atoms with van der Waals surface area (Å²) in [6.45, 7) is 1.82. The fourth-order valence-electron chi connectivity index (χ4n) is 1.16. The molecular formula is C10H9Br2ClO. The molecule has 0 aliphatic carbocycles. The summed E-state index contributed by atoms with van der Waals surface area (Å²) >= 11 is 12.2. The molecule has 1 aromatic carbocycles. The van der Waals surface area contributed by atoms with Crippen LogP contribution in [-0.4, -0.2) is 5.24 Å². The first-order valence-electron chi connectivity index (χ1n) is 4.13. The minimum atomic E-state index is -0.291. The number of halogens is 3. The lowest BCUT2D eigenvalue weighted by molar-refractivity contribution is -0.114. The van der Waals surface area contributed by atoms with Gasteiger partial charge in [-0.05, 0) is 41.8 Å². The van der Waals surface area contributed by atoms with Crippen molar-refractivity contribution in [3.05, 3.63) is 32.7 Å². The minimum absolute atomic E-state index is 0.141. The van der Waals surface area contributed by atoms with Crippen LogP contribution in [0.3, 0.4) is 0 Å². The monoisotopic (exact) mass is 338 g/mol. The molecule has 0 aromatic heterocycles. The maximum absolute atomic E-state index is 10.9. The van der Waals surface area contributed by atoms with Crippen molar-refractivity contribution in [3.8, 4) is 0 Å². The molecule has 0 radical (unpaired) electrons. The lowest BCUT2D eigenvalue weighted by atomic mass is 10.0. The van der Waals surface area contributed by atoms with Crippen molar-refractivity contribution in [2.75, 3.05) is 0 Å². The van der Waals surface area contributed by atoms with Gasteiger partial charge in [0.2, 0.25) is 5.24 Å². The van der Waals surface area contributed by atoms with E-state index < -0.39 is 0 Å². The van der Waals surface area contributed by atoms with E-state index in [4.69, 9.17) is 11.6 Å². The number of hydrogen-bond acceptors (Lipinski definition) is 1. The van der Waals surface area contributed by atoms with Gasteiger partial charge in [0.25, 0.3) is 0 Å². The highest BCUT2D eigenvalue weighted by atomic mass is 79.9. The van der Waals surface area contributed by atoms with Crippen LogP contribution in [0.4, 0.5) is 0 Å². The molecule has 0 fully saturated rings. The molecular weight excluding hydrogens is 331 g/mol. The van der Waals surface area contributed by atoms with Crippen molar-refractivity contribution in [1.29, 1.82) is 0 Å². The first kappa shape index (κ1) is 12.2. The summed E-state index contributed by atoms with van der Waals surface area (Å²) in [5, 5.41) is -0.291. The van der Waals surface area contributed by atoms with Gasteiger partial charge < -0.3 is 0 Å². The fourth-order valence-corrected chi connectivity index (χ4v) is 2.63. The van der Waals surface area contributed by atoms with Crippen molar-refractivity contribution in [2.45, 2.75) is 13.3 Å². The first-order chi connectivity index (χ1) is 6.49. The zero-order chi connectivity index (χ0) is 10.7. The molecule has 0 aliphatic rings. The van der Waals surface area contributed by atoms with Crippen molar-refractivity contribution in [2.24, 2.45) is 5.92 Å². The highest BCUT2D eigenvalue weighted by molar-refractivity contribution is 9.11. The third kappa shape index (κ3) is 3.71. The molecule has 0 spiro atoms. The van der Waals surface area contributed by atoms with Crippen LogP contribution >= 0.6 is 43.5 Å². The van der Waals surface area contributed by atoms with Crippen LogP contribution in [-0.2, 0) is 11.2 Å². The van der Waals surface area contributed by atoms with Gasteiger partial charge in [-0.3, -0.25) is 4.79 Å². The number of carbonyl (C=O) groups excluding carboxylic acids is 1. The molecule has 0 aliphatic heterocycles. The predicted molar refractivity (Wildman–Crippen MR) is 65.6 cm³/mol. The Bertz CT molecular complexity index is 332. The first-order valence-corrected chi connectivity index (χ1v) is 6.09. The van der Waals surface area contributed by atoms with E-state index in [1.807, 2.05) is 25.1 Å². The topological polar surface area (TPSA) is 17.1 Å². The molecule has 1 aromatic rings. The Morgan fingerprint density at radius 1 is 1.36 bits per heavy atom. The minimum Gasteiger partial charge on any atom is -0.281 e. The standard InChI is InChI=1S/C10H9Br2ClO/c1-6(10(13)14)2-7-3-8(11)5-9(12)4-7/h3-6H,2H2,1H3. The molecule has 14 heavy (non-hydrogen) atoms. The molecule has 0 saturated heterocycles. The second-order valence-electron chi connectivity index (χ2n) is 3.19. The van der Waals surface area contributed by atoms with Crippen LogP contribution < -0.4 is 0 Å². The van der Waals surface area contributed by atoms with Crippen molar-refractivity contribution in [1.82, 2.24) is 0 Å². The van der Waals surface area contributed by atoms with Gasteiger partial charge >= 0.3 is 0 Å². The Balaban J connectivity index is 2.81. The summed E-state index contributed by atoms with van der Waals surface area (Å²) in [5.74, 6) is -0.141. The largest absolute Gasteiger partial charge is 0.281 e. The van der Waals surface area contributed by atoms with E-state index in [1.165, 1.54) is 0 Å². The zero-order valence-corrected chi connectivity index (χ0v) is 11.5. The Kier molecular flexibility index (Phi) is 4.61. The van der Waals surface area contributed by atoms with Gasteiger partial charge in [-0.2, -0.15) is 0 Å². The predicted octanol–water partition coefficient (Wildman–Crippen LogP) is 4.16. The SMILES string of the molecule is CC(Cc1cc(Br)cc(Br)c1)C(=O)Cl. The van der Waals surface area contributed by atoms with E-state index in [0.29, 0.717) is 6.42 Å². The summed E-state index contributed by atoms with van der Waals surface area (Å²) in [5.41, 5.74) is 1.09. The lowest BCUT2D eigenvalue weighted by Gasteiger charge is -2.07. The number of benzene rings is 1.